The second kappa shape index (κ2) is 5.44. The van der Waals surface area contributed by atoms with Gasteiger partial charge < -0.3 is 15.8 Å². The number of hydrogen-bond acceptors (Lipinski definition) is 3. The van der Waals surface area contributed by atoms with Crippen molar-refractivity contribution in [2.45, 2.75) is 50.2 Å². The zero-order chi connectivity index (χ0) is 14.0. The molecule has 1 heterocycles. The lowest BCUT2D eigenvalue weighted by molar-refractivity contribution is -0.127. The van der Waals surface area contributed by atoms with Gasteiger partial charge in [-0.15, -0.1) is 0 Å². The minimum Gasteiger partial charge on any atom is -0.488 e. The summed E-state index contributed by atoms with van der Waals surface area (Å²) >= 11 is 0. The van der Waals surface area contributed by atoms with E-state index in [1.807, 2.05) is 18.2 Å². The molecule has 108 valence electrons. The largest absolute Gasteiger partial charge is 0.488 e. The van der Waals surface area contributed by atoms with E-state index in [2.05, 4.69) is 11.4 Å². The highest BCUT2D eigenvalue weighted by Crippen LogP contribution is 2.28. The van der Waals surface area contributed by atoms with Gasteiger partial charge in [-0.05, 0) is 24.5 Å². The quantitative estimate of drug-likeness (QED) is 0.883. The van der Waals surface area contributed by atoms with Crippen molar-refractivity contribution < 1.29 is 9.53 Å². The topological polar surface area (TPSA) is 64.4 Å². The molecule has 0 bridgehead atoms. The van der Waals surface area contributed by atoms with Crippen molar-refractivity contribution in [3.05, 3.63) is 29.8 Å². The normalized spacial score (nSPS) is 23.8. The Kier molecular flexibility index (Phi) is 3.66. The van der Waals surface area contributed by atoms with Crippen LogP contribution in [-0.2, 0) is 11.2 Å². The molecule has 4 heteroatoms. The van der Waals surface area contributed by atoms with Gasteiger partial charge in [0.15, 0.2) is 0 Å². The van der Waals surface area contributed by atoms with E-state index in [9.17, 15) is 4.79 Å². The second-order valence-electron chi connectivity index (χ2n) is 5.98. The zero-order valence-corrected chi connectivity index (χ0v) is 11.7. The van der Waals surface area contributed by atoms with Crippen molar-refractivity contribution in [1.82, 2.24) is 5.32 Å². The first kappa shape index (κ1) is 13.4. The van der Waals surface area contributed by atoms with Crippen molar-refractivity contribution in [2.24, 2.45) is 5.73 Å². The lowest BCUT2D eigenvalue weighted by atomic mass is 9.82. The maximum Gasteiger partial charge on any atom is 0.240 e. The molecular weight excluding hydrogens is 252 g/mol. The molecule has 0 aromatic heterocycles. The third-order valence-corrected chi connectivity index (χ3v) is 4.40. The molecule has 1 unspecified atom stereocenters. The van der Waals surface area contributed by atoms with Gasteiger partial charge >= 0.3 is 0 Å². The number of para-hydroxylation sites is 1. The lowest BCUT2D eigenvalue weighted by Crippen LogP contribution is -2.56. The standard InChI is InChI=1S/C16H22N2O2/c17-16(8-4-1-5-9-16)15(19)18-11-13-10-12-6-2-3-7-14(12)20-13/h2-3,6-7,13H,1,4-5,8-11,17H2,(H,18,19). The van der Waals surface area contributed by atoms with Gasteiger partial charge in [-0.3, -0.25) is 4.79 Å². The number of fused-ring (bicyclic) bond motifs is 1. The highest BCUT2D eigenvalue weighted by atomic mass is 16.5. The molecule has 2 aliphatic rings. The van der Waals surface area contributed by atoms with Crippen LogP contribution in [-0.4, -0.2) is 24.1 Å². The molecular formula is C16H22N2O2. The summed E-state index contributed by atoms with van der Waals surface area (Å²) in [5.41, 5.74) is 6.77. The molecule has 3 N–H and O–H groups in total. The van der Waals surface area contributed by atoms with E-state index in [-0.39, 0.29) is 12.0 Å². The van der Waals surface area contributed by atoms with E-state index in [0.717, 1.165) is 37.9 Å². The van der Waals surface area contributed by atoms with Crippen LogP contribution in [0.4, 0.5) is 0 Å². The predicted octanol–water partition coefficient (Wildman–Crippen LogP) is 1.77. The number of ether oxygens (including phenoxy) is 1. The van der Waals surface area contributed by atoms with Crippen molar-refractivity contribution in [3.63, 3.8) is 0 Å². The highest BCUT2D eigenvalue weighted by molar-refractivity contribution is 5.86. The average Bonchev–Trinajstić information content (AvgIpc) is 2.88. The van der Waals surface area contributed by atoms with Crippen LogP contribution in [0.3, 0.4) is 0 Å². The van der Waals surface area contributed by atoms with Gasteiger partial charge in [0, 0.05) is 6.42 Å². The molecule has 1 atom stereocenters. The van der Waals surface area contributed by atoms with Gasteiger partial charge in [0.1, 0.15) is 11.9 Å². The smallest absolute Gasteiger partial charge is 0.240 e. The van der Waals surface area contributed by atoms with E-state index in [1.54, 1.807) is 0 Å². The Morgan fingerprint density at radius 1 is 1.30 bits per heavy atom. The van der Waals surface area contributed by atoms with Gasteiger partial charge in [0.05, 0.1) is 12.1 Å². The number of hydrogen-bond donors (Lipinski definition) is 2. The molecule has 1 aromatic rings. The molecule has 1 fully saturated rings. The first-order valence-electron chi connectivity index (χ1n) is 7.49. The number of nitrogens with two attached hydrogens (primary N) is 1. The Bertz CT molecular complexity index is 470. The number of rotatable bonds is 3. The molecule has 0 saturated heterocycles. The molecule has 0 spiro atoms. The van der Waals surface area contributed by atoms with Gasteiger partial charge in [-0.1, -0.05) is 37.5 Å². The van der Waals surface area contributed by atoms with Crippen molar-refractivity contribution in [3.8, 4) is 5.75 Å². The summed E-state index contributed by atoms with van der Waals surface area (Å²) in [7, 11) is 0. The predicted molar refractivity (Wildman–Crippen MR) is 77.6 cm³/mol. The summed E-state index contributed by atoms with van der Waals surface area (Å²) in [5, 5.41) is 2.98. The molecule has 4 nitrogen and oxygen atoms in total. The number of benzene rings is 1. The third-order valence-electron chi connectivity index (χ3n) is 4.40. The van der Waals surface area contributed by atoms with Crippen molar-refractivity contribution >= 4 is 5.91 Å². The summed E-state index contributed by atoms with van der Waals surface area (Å²) in [6.45, 7) is 0.534. The van der Waals surface area contributed by atoms with Crippen LogP contribution in [0.15, 0.2) is 24.3 Å². The Balaban J connectivity index is 1.52. The molecule has 1 aromatic carbocycles. The van der Waals surface area contributed by atoms with E-state index in [4.69, 9.17) is 10.5 Å². The van der Waals surface area contributed by atoms with Crippen molar-refractivity contribution in [2.75, 3.05) is 6.54 Å². The Labute approximate surface area is 119 Å². The van der Waals surface area contributed by atoms with Crippen LogP contribution in [0.5, 0.6) is 5.75 Å². The molecule has 1 aliphatic heterocycles. The van der Waals surface area contributed by atoms with Crippen LogP contribution >= 0.6 is 0 Å². The van der Waals surface area contributed by atoms with Gasteiger partial charge in [0.25, 0.3) is 0 Å². The number of amides is 1. The van der Waals surface area contributed by atoms with Crippen LogP contribution in [0.25, 0.3) is 0 Å². The summed E-state index contributed by atoms with van der Waals surface area (Å²) < 4.78 is 5.82. The van der Waals surface area contributed by atoms with Crippen LogP contribution in [0.2, 0.25) is 0 Å². The van der Waals surface area contributed by atoms with Crippen LogP contribution < -0.4 is 15.8 Å². The van der Waals surface area contributed by atoms with E-state index in [0.29, 0.717) is 6.54 Å². The molecule has 1 amide bonds. The molecule has 20 heavy (non-hydrogen) atoms. The summed E-state index contributed by atoms with van der Waals surface area (Å²) in [4.78, 5) is 12.3. The number of carbonyl (C=O) groups excluding carboxylic acids is 1. The number of carbonyl (C=O) groups is 1. The molecule has 3 rings (SSSR count). The Hall–Kier alpha value is -1.55. The fourth-order valence-corrected chi connectivity index (χ4v) is 3.16. The monoisotopic (exact) mass is 274 g/mol. The maximum absolute atomic E-state index is 12.3. The fraction of sp³-hybridized carbons (Fsp3) is 0.562. The van der Waals surface area contributed by atoms with Crippen LogP contribution in [0, 0.1) is 0 Å². The minimum absolute atomic E-state index is 0.0169. The number of nitrogens with one attached hydrogen (secondary N) is 1. The maximum atomic E-state index is 12.3. The SMILES string of the molecule is NC1(C(=O)NCC2Cc3ccccc3O2)CCCCC1. The molecule has 1 saturated carbocycles. The summed E-state index contributed by atoms with van der Waals surface area (Å²) in [5.74, 6) is 0.920. The fourth-order valence-electron chi connectivity index (χ4n) is 3.16. The average molecular weight is 274 g/mol. The Morgan fingerprint density at radius 2 is 2.05 bits per heavy atom. The molecule has 1 aliphatic carbocycles. The first-order chi connectivity index (χ1) is 9.67. The van der Waals surface area contributed by atoms with Gasteiger partial charge in [0.2, 0.25) is 5.91 Å². The minimum atomic E-state index is -0.663. The molecule has 0 radical (unpaired) electrons. The van der Waals surface area contributed by atoms with E-state index < -0.39 is 5.54 Å². The van der Waals surface area contributed by atoms with Crippen LogP contribution in [0.1, 0.15) is 37.7 Å². The first-order valence-corrected chi connectivity index (χ1v) is 7.49. The summed E-state index contributed by atoms with van der Waals surface area (Å²) in [6, 6.07) is 8.03. The van der Waals surface area contributed by atoms with E-state index >= 15 is 0 Å². The lowest BCUT2D eigenvalue weighted by Gasteiger charge is -2.32. The van der Waals surface area contributed by atoms with Gasteiger partial charge in [-0.2, -0.15) is 0 Å². The second-order valence-corrected chi connectivity index (χ2v) is 5.98. The third kappa shape index (κ3) is 2.66. The van der Waals surface area contributed by atoms with E-state index in [1.165, 1.54) is 12.0 Å². The Morgan fingerprint density at radius 3 is 2.80 bits per heavy atom. The van der Waals surface area contributed by atoms with Gasteiger partial charge in [-0.25, -0.2) is 0 Å². The zero-order valence-electron chi connectivity index (χ0n) is 11.7. The van der Waals surface area contributed by atoms with Crippen molar-refractivity contribution in [1.29, 1.82) is 0 Å². The summed E-state index contributed by atoms with van der Waals surface area (Å²) in [6.07, 6.45) is 5.77. The highest BCUT2D eigenvalue weighted by Gasteiger charge is 2.35.